The van der Waals surface area contributed by atoms with Gasteiger partial charge >= 0.3 is 11.9 Å². The fraction of sp³-hybridized carbons (Fsp3) is 0.217. The lowest BCUT2D eigenvalue weighted by Gasteiger charge is -2.07. The van der Waals surface area contributed by atoms with Crippen LogP contribution in [-0.2, 0) is 9.47 Å². The molecule has 0 spiro atoms. The number of hydrogen-bond acceptors (Lipinski definition) is 6. The van der Waals surface area contributed by atoms with Gasteiger partial charge in [-0.2, -0.15) is 0 Å². The Bertz CT molecular complexity index is 986. The molecule has 0 aliphatic carbocycles. The molecule has 3 aromatic rings. The van der Waals surface area contributed by atoms with Gasteiger partial charge in [-0.3, -0.25) is 0 Å². The largest absolute Gasteiger partial charge is 0.497 e. The highest BCUT2D eigenvalue weighted by atomic mass is 16.5. The molecule has 6 heteroatoms. The first kappa shape index (κ1) is 20.2. The van der Waals surface area contributed by atoms with Crippen LogP contribution in [0.4, 0.5) is 0 Å². The minimum Gasteiger partial charge on any atom is -0.497 e. The lowest BCUT2D eigenvalue weighted by molar-refractivity contribution is 0.0481. The first-order valence-electron chi connectivity index (χ1n) is 9.31. The van der Waals surface area contributed by atoms with Crippen LogP contribution in [0.2, 0.25) is 0 Å². The average molecular weight is 394 g/mol. The van der Waals surface area contributed by atoms with Crippen LogP contribution in [0.1, 0.15) is 34.6 Å². The van der Waals surface area contributed by atoms with Crippen LogP contribution in [0.25, 0.3) is 22.6 Å². The monoisotopic (exact) mass is 394 g/mol. The molecule has 0 saturated heterocycles. The van der Waals surface area contributed by atoms with E-state index in [2.05, 4.69) is 0 Å². The van der Waals surface area contributed by atoms with E-state index in [1.165, 1.54) is 0 Å². The second-order valence-corrected chi connectivity index (χ2v) is 6.05. The molecule has 1 aromatic heterocycles. The number of hydrogen-bond donors (Lipinski definition) is 0. The fourth-order valence-corrected chi connectivity index (χ4v) is 2.97. The predicted octanol–water partition coefficient (Wildman–Crippen LogP) is 4.98. The summed E-state index contributed by atoms with van der Waals surface area (Å²) in [6.07, 6.45) is 0. The molecule has 150 valence electrons. The van der Waals surface area contributed by atoms with E-state index in [1.54, 1.807) is 57.4 Å². The first-order chi connectivity index (χ1) is 14.1. The van der Waals surface area contributed by atoms with Gasteiger partial charge in [0, 0.05) is 11.1 Å². The molecule has 0 N–H and O–H groups in total. The summed E-state index contributed by atoms with van der Waals surface area (Å²) in [6, 6.07) is 16.1. The Balaban J connectivity index is 2.28. The van der Waals surface area contributed by atoms with Crippen LogP contribution < -0.4 is 4.74 Å². The van der Waals surface area contributed by atoms with Crippen molar-refractivity contribution in [2.75, 3.05) is 20.3 Å². The summed E-state index contributed by atoms with van der Waals surface area (Å²) in [4.78, 5) is 25.6. The van der Waals surface area contributed by atoms with Crippen LogP contribution in [0.3, 0.4) is 0 Å². The van der Waals surface area contributed by atoms with Gasteiger partial charge in [0.2, 0.25) is 0 Å². The number of benzene rings is 2. The second-order valence-electron chi connectivity index (χ2n) is 6.05. The lowest BCUT2D eigenvalue weighted by Crippen LogP contribution is -2.13. The number of furan rings is 1. The van der Waals surface area contributed by atoms with Crippen LogP contribution in [0.15, 0.2) is 59.0 Å². The van der Waals surface area contributed by atoms with Crippen molar-refractivity contribution >= 4 is 11.9 Å². The van der Waals surface area contributed by atoms with Gasteiger partial charge in [-0.25, -0.2) is 9.59 Å². The Morgan fingerprint density at radius 3 is 1.69 bits per heavy atom. The predicted molar refractivity (Wildman–Crippen MR) is 108 cm³/mol. The molecule has 1 heterocycles. The van der Waals surface area contributed by atoms with E-state index in [0.717, 1.165) is 0 Å². The quantitative estimate of drug-likeness (QED) is 0.527. The zero-order chi connectivity index (χ0) is 20.8. The average Bonchev–Trinajstić information content (AvgIpc) is 3.16. The zero-order valence-corrected chi connectivity index (χ0v) is 16.6. The third-order valence-corrected chi connectivity index (χ3v) is 4.26. The molecule has 0 fully saturated rings. The second kappa shape index (κ2) is 9.10. The molecular weight excluding hydrogens is 372 g/mol. The molecule has 0 aliphatic rings. The van der Waals surface area contributed by atoms with Gasteiger partial charge in [0.05, 0.1) is 20.3 Å². The minimum absolute atomic E-state index is 0.0503. The minimum atomic E-state index is -0.646. The van der Waals surface area contributed by atoms with Crippen LogP contribution in [0, 0.1) is 0 Å². The highest BCUT2D eigenvalue weighted by Crippen LogP contribution is 2.38. The number of ether oxygens (including phenoxy) is 3. The number of carbonyl (C=O) groups is 2. The van der Waals surface area contributed by atoms with E-state index in [1.807, 2.05) is 18.2 Å². The van der Waals surface area contributed by atoms with Crippen molar-refractivity contribution in [2.24, 2.45) is 0 Å². The summed E-state index contributed by atoms with van der Waals surface area (Å²) in [5, 5.41) is 0. The molecule has 2 aromatic carbocycles. The van der Waals surface area contributed by atoms with E-state index in [9.17, 15) is 9.59 Å². The van der Waals surface area contributed by atoms with E-state index >= 15 is 0 Å². The summed E-state index contributed by atoms with van der Waals surface area (Å²) >= 11 is 0. The van der Waals surface area contributed by atoms with Crippen molar-refractivity contribution in [3.63, 3.8) is 0 Å². The zero-order valence-electron chi connectivity index (χ0n) is 16.6. The van der Waals surface area contributed by atoms with E-state index < -0.39 is 11.9 Å². The molecule has 0 amide bonds. The van der Waals surface area contributed by atoms with Crippen LogP contribution >= 0.6 is 0 Å². The maximum Gasteiger partial charge on any atom is 0.342 e. The third kappa shape index (κ3) is 4.16. The Morgan fingerprint density at radius 1 is 0.759 bits per heavy atom. The summed E-state index contributed by atoms with van der Waals surface area (Å²) < 4.78 is 21.7. The smallest absolute Gasteiger partial charge is 0.342 e. The number of rotatable bonds is 7. The molecule has 3 rings (SSSR count). The van der Waals surface area contributed by atoms with Gasteiger partial charge in [-0.15, -0.1) is 0 Å². The normalized spacial score (nSPS) is 10.4. The molecule has 0 unspecified atom stereocenters. The van der Waals surface area contributed by atoms with E-state index in [0.29, 0.717) is 16.9 Å². The molecule has 6 nitrogen and oxygen atoms in total. The van der Waals surface area contributed by atoms with Gasteiger partial charge < -0.3 is 18.6 Å². The number of methoxy groups -OCH3 is 1. The van der Waals surface area contributed by atoms with Gasteiger partial charge in [0.25, 0.3) is 0 Å². The maximum atomic E-state index is 12.8. The standard InChI is InChI=1S/C23H22O6/c1-4-27-22(24)18-19(23(25)28-5-2)21(16-11-13-17(26-3)14-12-16)29-20(18)15-9-7-6-8-10-15/h6-14H,4-5H2,1-3H3. The highest BCUT2D eigenvalue weighted by Gasteiger charge is 2.33. The van der Waals surface area contributed by atoms with E-state index in [4.69, 9.17) is 18.6 Å². The Labute approximate surface area is 169 Å². The molecule has 0 aliphatic heterocycles. The fourth-order valence-electron chi connectivity index (χ4n) is 2.97. The maximum absolute atomic E-state index is 12.8. The Morgan fingerprint density at radius 2 is 1.24 bits per heavy atom. The van der Waals surface area contributed by atoms with Crippen molar-refractivity contribution < 1.29 is 28.2 Å². The van der Waals surface area contributed by atoms with E-state index in [-0.39, 0.29) is 35.9 Å². The molecule has 0 bridgehead atoms. The molecular formula is C23H22O6. The SMILES string of the molecule is CCOC(=O)c1c(-c2ccccc2)oc(-c2ccc(OC)cc2)c1C(=O)OCC. The van der Waals surface area contributed by atoms with Gasteiger partial charge in [0.1, 0.15) is 28.4 Å². The Kier molecular flexibility index (Phi) is 6.34. The van der Waals surface area contributed by atoms with Crippen molar-refractivity contribution in [1.82, 2.24) is 0 Å². The van der Waals surface area contributed by atoms with Gasteiger partial charge in [0.15, 0.2) is 0 Å². The molecule has 0 atom stereocenters. The molecule has 0 radical (unpaired) electrons. The molecule has 0 saturated carbocycles. The van der Waals surface area contributed by atoms with Crippen molar-refractivity contribution in [3.05, 3.63) is 65.7 Å². The Hall–Kier alpha value is -3.54. The number of carbonyl (C=O) groups excluding carboxylic acids is 2. The summed E-state index contributed by atoms with van der Waals surface area (Å²) in [6.45, 7) is 3.73. The third-order valence-electron chi connectivity index (χ3n) is 4.26. The topological polar surface area (TPSA) is 75.0 Å². The summed E-state index contributed by atoms with van der Waals surface area (Å²) in [7, 11) is 1.57. The van der Waals surface area contributed by atoms with Crippen LogP contribution in [0.5, 0.6) is 5.75 Å². The highest BCUT2D eigenvalue weighted by molar-refractivity contribution is 6.10. The van der Waals surface area contributed by atoms with Gasteiger partial charge in [-0.1, -0.05) is 30.3 Å². The number of esters is 2. The van der Waals surface area contributed by atoms with Crippen LogP contribution in [-0.4, -0.2) is 32.3 Å². The van der Waals surface area contributed by atoms with Crippen molar-refractivity contribution in [2.45, 2.75) is 13.8 Å². The summed E-state index contributed by atoms with van der Waals surface area (Å²) in [5.41, 5.74) is 1.37. The lowest BCUT2D eigenvalue weighted by atomic mass is 10.0. The van der Waals surface area contributed by atoms with Crippen molar-refractivity contribution in [3.8, 4) is 28.4 Å². The molecule has 29 heavy (non-hydrogen) atoms. The van der Waals surface area contributed by atoms with Crippen molar-refractivity contribution in [1.29, 1.82) is 0 Å². The van der Waals surface area contributed by atoms with Gasteiger partial charge in [-0.05, 0) is 38.1 Å². The summed E-state index contributed by atoms with van der Waals surface area (Å²) in [5.74, 6) is -0.122. The first-order valence-corrected chi connectivity index (χ1v) is 9.31.